The van der Waals surface area contributed by atoms with Crippen molar-refractivity contribution < 1.29 is 9.72 Å². The highest BCUT2D eigenvalue weighted by molar-refractivity contribution is 5.96. The first-order chi connectivity index (χ1) is 10.1. The van der Waals surface area contributed by atoms with Crippen molar-refractivity contribution in [2.24, 2.45) is 5.10 Å². The molecule has 0 radical (unpaired) electrons. The summed E-state index contributed by atoms with van der Waals surface area (Å²) in [6.45, 7) is 0. The molecule has 2 rings (SSSR count). The molecule has 2 aromatic carbocycles. The summed E-state index contributed by atoms with van der Waals surface area (Å²) >= 11 is 0. The lowest BCUT2D eigenvalue weighted by Crippen LogP contribution is -2.18. The van der Waals surface area contributed by atoms with Crippen LogP contribution in [0.4, 0.5) is 11.4 Å². The average Bonchev–Trinajstić information content (AvgIpc) is 2.47. The number of hydrogen-bond donors (Lipinski definition) is 2. The fourth-order valence-electron chi connectivity index (χ4n) is 1.64. The van der Waals surface area contributed by atoms with Crippen LogP contribution in [0.25, 0.3) is 0 Å². The Morgan fingerprint density at radius 1 is 1.24 bits per heavy atom. The van der Waals surface area contributed by atoms with Gasteiger partial charge in [0, 0.05) is 17.8 Å². The second kappa shape index (κ2) is 6.29. The fourth-order valence-corrected chi connectivity index (χ4v) is 1.64. The molecular formula is C14H12N4O3. The molecule has 0 saturated heterocycles. The van der Waals surface area contributed by atoms with Crippen molar-refractivity contribution in [2.45, 2.75) is 0 Å². The van der Waals surface area contributed by atoms with Gasteiger partial charge >= 0.3 is 0 Å². The number of nitrogens with one attached hydrogen (secondary N) is 1. The number of amides is 1. The molecule has 1 amide bonds. The smallest absolute Gasteiger partial charge is 0.272 e. The number of rotatable bonds is 4. The summed E-state index contributed by atoms with van der Waals surface area (Å²) in [5.41, 5.74) is 8.61. The standard InChI is InChI=1S/C14H12N4O3/c15-12-6-11(7-13(8-12)18(20)21)14(19)17-16-9-10-4-2-1-3-5-10/h1-9H,15H2,(H,17,19)/b16-9+. The molecule has 2 aromatic rings. The summed E-state index contributed by atoms with van der Waals surface area (Å²) < 4.78 is 0. The molecule has 3 N–H and O–H groups in total. The second-order valence-electron chi connectivity index (χ2n) is 4.18. The summed E-state index contributed by atoms with van der Waals surface area (Å²) in [6.07, 6.45) is 1.47. The van der Waals surface area contributed by atoms with E-state index in [1.165, 1.54) is 18.3 Å². The van der Waals surface area contributed by atoms with Crippen LogP contribution < -0.4 is 11.2 Å². The van der Waals surface area contributed by atoms with Gasteiger partial charge in [-0.3, -0.25) is 14.9 Å². The van der Waals surface area contributed by atoms with Gasteiger partial charge in [0.1, 0.15) is 0 Å². The molecule has 0 aromatic heterocycles. The lowest BCUT2D eigenvalue weighted by atomic mass is 10.1. The number of non-ortho nitro benzene ring substituents is 1. The van der Waals surface area contributed by atoms with E-state index in [0.29, 0.717) is 0 Å². The van der Waals surface area contributed by atoms with Crippen molar-refractivity contribution in [3.05, 3.63) is 69.8 Å². The monoisotopic (exact) mass is 284 g/mol. The first-order valence-electron chi connectivity index (χ1n) is 5.99. The van der Waals surface area contributed by atoms with Crippen LogP contribution in [0.2, 0.25) is 0 Å². The highest BCUT2D eigenvalue weighted by atomic mass is 16.6. The van der Waals surface area contributed by atoms with Crippen LogP contribution in [0.15, 0.2) is 53.6 Å². The van der Waals surface area contributed by atoms with Crippen molar-refractivity contribution in [3.63, 3.8) is 0 Å². The van der Waals surface area contributed by atoms with Gasteiger partial charge in [-0.25, -0.2) is 5.43 Å². The number of carbonyl (C=O) groups excluding carboxylic acids is 1. The molecule has 0 aliphatic rings. The van der Waals surface area contributed by atoms with Crippen molar-refractivity contribution in [1.82, 2.24) is 5.43 Å². The van der Waals surface area contributed by atoms with E-state index in [1.807, 2.05) is 30.3 Å². The Morgan fingerprint density at radius 2 is 1.95 bits per heavy atom. The van der Waals surface area contributed by atoms with Crippen molar-refractivity contribution >= 4 is 23.5 Å². The minimum atomic E-state index is -0.611. The van der Waals surface area contributed by atoms with Gasteiger partial charge in [0.05, 0.1) is 16.7 Å². The van der Waals surface area contributed by atoms with E-state index in [2.05, 4.69) is 10.5 Å². The Balaban J connectivity index is 2.10. The van der Waals surface area contributed by atoms with E-state index in [0.717, 1.165) is 11.6 Å². The Hall–Kier alpha value is -3.22. The number of nitro groups is 1. The molecule has 0 bridgehead atoms. The maximum atomic E-state index is 11.9. The maximum absolute atomic E-state index is 11.9. The van der Waals surface area contributed by atoms with Crippen LogP contribution in [-0.4, -0.2) is 17.0 Å². The number of nitrogen functional groups attached to an aromatic ring is 1. The van der Waals surface area contributed by atoms with Crippen molar-refractivity contribution in [2.75, 3.05) is 5.73 Å². The molecule has 0 atom stereocenters. The molecule has 0 saturated carbocycles. The van der Waals surface area contributed by atoms with Gasteiger partial charge in [0.15, 0.2) is 0 Å². The summed E-state index contributed by atoms with van der Waals surface area (Å²) in [6, 6.07) is 12.9. The Morgan fingerprint density at radius 3 is 2.62 bits per heavy atom. The van der Waals surface area contributed by atoms with E-state index in [9.17, 15) is 14.9 Å². The van der Waals surface area contributed by atoms with E-state index < -0.39 is 10.8 Å². The molecule has 7 nitrogen and oxygen atoms in total. The number of nitrogens with zero attached hydrogens (tertiary/aromatic N) is 2. The van der Waals surface area contributed by atoms with E-state index in [4.69, 9.17) is 5.73 Å². The maximum Gasteiger partial charge on any atom is 0.272 e. The van der Waals surface area contributed by atoms with Gasteiger partial charge in [-0.05, 0) is 11.6 Å². The predicted molar refractivity (Wildman–Crippen MR) is 79.0 cm³/mol. The van der Waals surface area contributed by atoms with E-state index in [-0.39, 0.29) is 16.9 Å². The lowest BCUT2D eigenvalue weighted by molar-refractivity contribution is -0.384. The van der Waals surface area contributed by atoms with Crippen LogP contribution in [0.3, 0.4) is 0 Å². The summed E-state index contributed by atoms with van der Waals surface area (Å²) in [7, 11) is 0. The third-order valence-electron chi connectivity index (χ3n) is 2.59. The van der Waals surface area contributed by atoms with Gasteiger partial charge in [0.2, 0.25) is 0 Å². The van der Waals surface area contributed by atoms with Crippen LogP contribution in [0, 0.1) is 10.1 Å². The molecule has 0 aliphatic heterocycles. The second-order valence-corrected chi connectivity index (χ2v) is 4.18. The summed E-state index contributed by atoms with van der Waals surface area (Å²) in [5, 5.41) is 14.5. The van der Waals surface area contributed by atoms with Crippen LogP contribution in [-0.2, 0) is 0 Å². The normalized spacial score (nSPS) is 10.5. The van der Waals surface area contributed by atoms with Gasteiger partial charge in [-0.1, -0.05) is 30.3 Å². The zero-order chi connectivity index (χ0) is 15.2. The first-order valence-corrected chi connectivity index (χ1v) is 5.99. The van der Waals surface area contributed by atoms with Gasteiger partial charge < -0.3 is 5.73 Å². The highest BCUT2D eigenvalue weighted by Crippen LogP contribution is 2.18. The van der Waals surface area contributed by atoms with Gasteiger partial charge in [-0.15, -0.1) is 0 Å². The van der Waals surface area contributed by atoms with Crippen LogP contribution in [0.5, 0.6) is 0 Å². The molecule has 0 aliphatic carbocycles. The van der Waals surface area contributed by atoms with Crippen molar-refractivity contribution in [1.29, 1.82) is 0 Å². The number of nitrogens with two attached hydrogens (primary N) is 1. The molecule has 7 heteroatoms. The van der Waals surface area contributed by atoms with Gasteiger partial charge in [0.25, 0.3) is 11.6 Å². The first kappa shape index (κ1) is 14.2. The zero-order valence-electron chi connectivity index (χ0n) is 10.9. The predicted octanol–water partition coefficient (Wildman–Crippen LogP) is 1.94. The quantitative estimate of drug-likeness (QED) is 0.387. The SMILES string of the molecule is Nc1cc(C(=O)N/N=C/c2ccccc2)cc([N+](=O)[O-])c1. The Bertz CT molecular complexity index is 699. The molecule has 21 heavy (non-hydrogen) atoms. The number of hydrazone groups is 1. The third kappa shape index (κ3) is 3.87. The largest absolute Gasteiger partial charge is 0.399 e. The molecule has 0 unspecified atom stereocenters. The molecule has 106 valence electrons. The average molecular weight is 284 g/mol. The number of carbonyl (C=O) groups is 1. The Labute approximate surface area is 120 Å². The number of benzene rings is 2. The Kier molecular flexibility index (Phi) is 4.25. The van der Waals surface area contributed by atoms with Crippen molar-refractivity contribution in [3.8, 4) is 0 Å². The minimum absolute atomic E-state index is 0.0758. The van der Waals surface area contributed by atoms with E-state index >= 15 is 0 Å². The highest BCUT2D eigenvalue weighted by Gasteiger charge is 2.13. The molecule has 0 spiro atoms. The van der Waals surface area contributed by atoms with E-state index in [1.54, 1.807) is 0 Å². The third-order valence-corrected chi connectivity index (χ3v) is 2.59. The van der Waals surface area contributed by atoms with Gasteiger partial charge in [-0.2, -0.15) is 5.10 Å². The van der Waals surface area contributed by atoms with Crippen LogP contribution in [0.1, 0.15) is 15.9 Å². The number of hydrogen-bond acceptors (Lipinski definition) is 5. The fraction of sp³-hybridized carbons (Fsp3) is 0. The zero-order valence-corrected chi connectivity index (χ0v) is 10.9. The summed E-state index contributed by atoms with van der Waals surface area (Å²) in [4.78, 5) is 22.0. The molecule has 0 heterocycles. The molecular weight excluding hydrogens is 272 g/mol. The van der Waals surface area contributed by atoms with Crippen LogP contribution >= 0.6 is 0 Å². The lowest BCUT2D eigenvalue weighted by Gasteiger charge is -2.02. The topological polar surface area (TPSA) is 111 Å². The minimum Gasteiger partial charge on any atom is -0.399 e. The number of nitro benzene ring substituents is 1. The molecule has 0 fully saturated rings. The number of anilines is 1. The summed E-state index contributed by atoms with van der Waals surface area (Å²) in [5.74, 6) is -0.572.